The largest absolute Gasteiger partial charge is 0.298 e. The van der Waals surface area contributed by atoms with Gasteiger partial charge >= 0.3 is 0 Å². The first-order valence-corrected chi connectivity index (χ1v) is 7.82. The monoisotopic (exact) mass is 257 g/mol. The van der Waals surface area contributed by atoms with Gasteiger partial charge in [0.25, 0.3) is 0 Å². The summed E-state index contributed by atoms with van der Waals surface area (Å²) >= 11 is 0. The second kappa shape index (κ2) is 9.83. The molecule has 2 aliphatic rings. The van der Waals surface area contributed by atoms with E-state index in [0.717, 1.165) is 11.8 Å². The van der Waals surface area contributed by atoms with Gasteiger partial charge in [0.15, 0.2) is 0 Å². The van der Waals surface area contributed by atoms with Crippen molar-refractivity contribution in [3.8, 4) is 0 Å². The third-order valence-corrected chi connectivity index (χ3v) is 3.99. The van der Waals surface area contributed by atoms with Gasteiger partial charge in [-0.15, -0.1) is 0 Å². The molecule has 0 aromatic carbocycles. The molecule has 0 aromatic heterocycles. The van der Waals surface area contributed by atoms with E-state index in [1.54, 1.807) is 0 Å². The molecule has 18 heavy (non-hydrogen) atoms. The predicted octanol–water partition coefficient (Wildman–Crippen LogP) is 5.60. The van der Waals surface area contributed by atoms with Crippen molar-refractivity contribution in [2.24, 2.45) is 11.8 Å². The fourth-order valence-corrected chi connectivity index (χ4v) is 3.04. The average Bonchev–Trinajstić information content (AvgIpc) is 2.80. The lowest BCUT2D eigenvalue weighted by atomic mass is 9.86. The van der Waals surface area contributed by atoms with Crippen LogP contribution >= 0.6 is 0 Å². The van der Waals surface area contributed by atoms with Gasteiger partial charge in [0, 0.05) is 12.1 Å². The van der Waals surface area contributed by atoms with Crippen LogP contribution in [-0.2, 0) is 0 Å². The maximum Gasteiger partial charge on any atom is 0.0125 e. The fraction of sp³-hybridized carbons (Fsp3) is 1.00. The van der Waals surface area contributed by atoms with Gasteiger partial charge in [0.2, 0.25) is 0 Å². The lowest BCUT2D eigenvalue weighted by Gasteiger charge is -2.43. The Labute approximate surface area is 117 Å². The normalized spacial score (nSPS) is 26.8. The van der Waals surface area contributed by atoms with Crippen molar-refractivity contribution in [2.75, 3.05) is 13.1 Å². The summed E-state index contributed by atoms with van der Waals surface area (Å²) in [5.74, 6) is 2.12. The molecule has 0 amide bonds. The van der Waals surface area contributed by atoms with Gasteiger partial charge in [0.05, 0.1) is 0 Å². The molecule has 1 heteroatoms. The molecule has 0 bridgehead atoms. The minimum absolute atomic E-state index is 0. The topological polar surface area (TPSA) is 3.24 Å². The number of fused-ring (bicyclic) bond motifs is 1. The van der Waals surface area contributed by atoms with Crippen LogP contribution in [0.1, 0.15) is 81.6 Å². The quantitative estimate of drug-likeness (QED) is 0.546. The van der Waals surface area contributed by atoms with Gasteiger partial charge in [-0.3, -0.25) is 4.90 Å². The van der Waals surface area contributed by atoms with Gasteiger partial charge in [0.1, 0.15) is 0 Å². The molecule has 1 heterocycles. The molecule has 0 spiro atoms. The maximum absolute atomic E-state index is 2.68. The first kappa shape index (κ1) is 20.3. The Bertz CT molecular complexity index is 181. The lowest BCUT2D eigenvalue weighted by molar-refractivity contribution is 0.0583. The van der Waals surface area contributed by atoms with Crippen LogP contribution in [-0.4, -0.2) is 23.5 Å². The lowest BCUT2D eigenvalue weighted by Crippen LogP contribution is -2.48. The van der Waals surface area contributed by atoms with E-state index in [1.165, 1.54) is 38.8 Å². The number of likely N-dealkylation sites (tertiary alicyclic amines) is 1. The summed E-state index contributed by atoms with van der Waals surface area (Å²) in [5, 5.41) is 0. The Morgan fingerprint density at radius 1 is 0.833 bits per heavy atom. The summed E-state index contributed by atoms with van der Waals surface area (Å²) in [4.78, 5) is 2.68. The van der Waals surface area contributed by atoms with Crippen LogP contribution in [0.25, 0.3) is 0 Å². The Kier molecular flexibility index (Phi) is 11.1. The molecule has 0 radical (unpaired) electrons. The molecular weight excluding hydrogens is 218 g/mol. The Morgan fingerprint density at radius 2 is 1.33 bits per heavy atom. The first-order chi connectivity index (χ1) is 8.07. The van der Waals surface area contributed by atoms with E-state index in [9.17, 15) is 0 Å². The van der Waals surface area contributed by atoms with E-state index in [0.29, 0.717) is 5.54 Å². The summed E-state index contributed by atoms with van der Waals surface area (Å²) in [6.45, 7) is 17.8. The number of nitrogens with zero attached hydrogens (tertiary/aromatic N) is 1. The molecule has 0 N–H and O–H groups in total. The van der Waals surface area contributed by atoms with Crippen molar-refractivity contribution in [3.63, 3.8) is 0 Å². The summed E-state index contributed by atoms with van der Waals surface area (Å²) in [5.41, 5.74) is 0.396. The summed E-state index contributed by atoms with van der Waals surface area (Å²) in [6, 6.07) is 0. The van der Waals surface area contributed by atoms with Crippen LogP contribution < -0.4 is 0 Å². The molecule has 112 valence electrons. The standard InChI is InChI=1S/C12H23N.2C2H6.CH4/c1-12(2,3)13-8-7-10-5-4-6-11(10)9-13;2*1-2;/h10-11H,4-9H2,1-3H3;2*1-2H3;1H4. The highest BCUT2D eigenvalue weighted by molar-refractivity contribution is 4.89. The van der Waals surface area contributed by atoms with Crippen LogP contribution in [0.2, 0.25) is 0 Å². The van der Waals surface area contributed by atoms with Crippen molar-refractivity contribution in [1.82, 2.24) is 4.90 Å². The SMILES string of the molecule is C.CC.CC.CC(C)(C)N1CCC2CCCC2C1. The van der Waals surface area contributed by atoms with E-state index < -0.39 is 0 Å². The molecule has 1 saturated heterocycles. The molecule has 2 fully saturated rings. The Morgan fingerprint density at radius 3 is 1.83 bits per heavy atom. The van der Waals surface area contributed by atoms with E-state index in [4.69, 9.17) is 0 Å². The minimum Gasteiger partial charge on any atom is -0.298 e. The highest BCUT2D eigenvalue weighted by Crippen LogP contribution is 2.39. The van der Waals surface area contributed by atoms with E-state index in [2.05, 4.69) is 25.7 Å². The number of hydrogen-bond acceptors (Lipinski definition) is 1. The molecule has 2 atom stereocenters. The molecule has 0 aromatic rings. The van der Waals surface area contributed by atoms with Crippen LogP contribution in [0.4, 0.5) is 0 Å². The predicted molar refractivity (Wildman–Crippen MR) is 86.2 cm³/mol. The second-order valence-corrected chi connectivity index (χ2v) is 5.86. The highest BCUT2D eigenvalue weighted by Gasteiger charge is 2.35. The van der Waals surface area contributed by atoms with Crippen LogP contribution in [0.3, 0.4) is 0 Å². The zero-order chi connectivity index (χ0) is 13.5. The Hall–Kier alpha value is -0.0400. The molecular formula is C17H39N. The van der Waals surface area contributed by atoms with Gasteiger partial charge < -0.3 is 0 Å². The molecule has 1 aliphatic carbocycles. The second-order valence-electron chi connectivity index (χ2n) is 5.86. The van der Waals surface area contributed by atoms with Gasteiger partial charge in [-0.25, -0.2) is 0 Å². The van der Waals surface area contributed by atoms with Gasteiger partial charge in [-0.1, -0.05) is 48.0 Å². The Balaban J connectivity index is 0. The third kappa shape index (κ3) is 5.73. The molecule has 2 rings (SSSR count). The number of rotatable bonds is 0. The van der Waals surface area contributed by atoms with E-state index >= 15 is 0 Å². The zero-order valence-electron chi connectivity index (χ0n) is 13.3. The van der Waals surface area contributed by atoms with Gasteiger partial charge in [-0.2, -0.15) is 0 Å². The first-order valence-electron chi connectivity index (χ1n) is 7.82. The maximum atomic E-state index is 2.68. The number of piperidine rings is 1. The molecule has 1 aliphatic heterocycles. The summed E-state index contributed by atoms with van der Waals surface area (Å²) in [6.07, 6.45) is 5.97. The number of hydrogen-bond donors (Lipinski definition) is 0. The molecule has 1 saturated carbocycles. The highest BCUT2D eigenvalue weighted by atomic mass is 15.2. The average molecular weight is 258 g/mol. The van der Waals surface area contributed by atoms with Gasteiger partial charge in [-0.05, 0) is 52.0 Å². The summed E-state index contributed by atoms with van der Waals surface area (Å²) in [7, 11) is 0. The van der Waals surface area contributed by atoms with Crippen molar-refractivity contribution < 1.29 is 0 Å². The van der Waals surface area contributed by atoms with Crippen LogP contribution in [0.5, 0.6) is 0 Å². The molecule has 1 nitrogen and oxygen atoms in total. The third-order valence-electron chi connectivity index (χ3n) is 3.99. The van der Waals surface area contributed by atoms with Crippen molar-refractivity contribution in [1.29, 1.82) is 0 Å². The molecule has 2 unspecified atom stereocenters. The summed E-state index contributed by atoms with van der Waals surface area (Å²) < 4.78 is 0. The zero-order valence-corrected chi connectivity index (χ0v) is 13.3. The van der Waals surface area contributed by atoms with Crippen molar-refractivity contribution in [2.45, 2.75) is 87.1 Å². The van der Waals surface area contributed by atoms with Crippen LogP contribution in [0, 0.1) is 11.8 Å². The van der Waals surface area contributed by atoms with Crippen molar-refractivity contribution in [3.05, 3.63) is 0 Å². The van der Waals surface area contributed by atoms with E-state index in [-0.39, 0.29) is 7.43 Å². The fourth-order valence-electron chi connectivity index (χ4n) is 3.04. The smallest absolute Gasteiger partial charge is 0.0125 e. The van der Waals surface area contributed by atoms with Crippen molar-refractivity contribution >= 4 is 0 Å². The van der Waals surface area contributed by atoms with Crippen LogP contribution in [0.15, 0.2) is 0 Å². The minimum atomic E-state index is 0. The van der Waals surface area contributed by atoms with E-state index in [1.807, 2.05) is 27.7 Å².